The summed E-state index contributed by atoms with van der Waals surface area (Å²) in [4.78, 5) is 21.0. The maximum Gasteiger partial charge on any atom is 0.0614 e. The fraction of sp³-hybridized carbons (Fsp3) is 1.00. The van der Waals surface area contributed by atoms with Crippen molar-refractivity contribution in [1.29, 1.82) is 0 Å². The first kappa shape index (κ1) is 9.20. The highest BCUT2D eigenvalue weighted by Gasteiger charge is 2.25. The van der Waals surface area contributed by atoms with E-state index < -0.39 is 19.4 Å². The summed E-state index contributed by atoms with van der Waals surface area (Å²) in [6.07, 6.45) is 1.39. The molecule has 1 fully saturated rings. The van der Waals surface area contributed by atoms with Crippen LogP contribution < -0.4 is 9.79 Å². The average Bonchev–Trinajstić information content (AvgIpc) is 1.86. The molecule has 0 aliphatic heterocycles. The van der Waals surface area contributed by atoms with Crippen LogP contribution in [0.15, 0.2) is 0 Å². The largest absolute Gasteiger partial charge is 0.810 e. The lowest BCUT2D eigenvalue weighted by Crippen LogP contribution is -2.37. The first-order valence-electron chi connectivity index (χ1n) is 3.71. The summed E-state index contributed by atoms with van der Waals surface area (Å²) in [7, 11) is -4.55. The highest BCUT2D eigenvalue weighted by Crippen LogP contribution is 2.40. The minimum absolute atomic E-state index is 0.325. The lowest BCUT2D eigenvalue weighted by molar-refractivity contribution is -0.318. The van der Waals surface area contributed by atoms with E-state index in [1.165, 1.54) is 0 Å². The molecule has 1 aliphatic carbocycles. The van der Waals surface area contributed by atoms with E-state index in [-0.39, 0.29) is 0 Å². The molecule has 0 radical (unpaired) electrons. The van der Waals surface area contributed by atoms with Crippen LogP contribution in [0.5, 0.6) is 0 Å². The molecular weight excluding hydrogens is 167 g/mol. The molecule has 66 valence electrons. The summed E-state index contributed by atoms with van der Waals surface area (Å²) in [5.41, 5.74) is -1.03. The van der Waals surface area contributed by atoms with Crippen LogP contribution in [0.25, 0.3) is 0 Å². The van der Waals surface area contributed by atoms with Gasteiger partial charge in [-0.25, -0.2) is 0 Å². The monoisotopic (exact) mass is 178 g/mol. The normalized spacial score (nSPS) is 33.7. The smallest absolute Gasteiger partial charge is 0.0614 e. The molecule has 2 atom stereocenters. The predicted molar refractivity (Wildman–Crippen MR) is 35.9 cm³/mol. The zero-order valence-electron chi connectivity index (χ0n) is 6.10. The Morgan fingerprint density at radius 3 is 2.18 bits per heavy atom. The first-order valence-corrected chi connectivity index (χ1v) is 5.33. The minimum Gasteiger partial charge on any atom is -0.810 e. The lowest BCUT2D eigenvalue weighted by atomic mass is 9.97. The van der Waals surface area contributed by atoms with Crippen LogP contribution in [0.2, 0.25) is 0 Å². The van der Waals surface area contributed by atoms with Gasteiger partial charge in [-0.2, -0.15) is 0 Å². The molecule has 1 saturated carbocycles. The second kappa shape index (κ2) is 3.23. The van der Waals surface area contributed by atoms with Crippen LogP contribution in [0, 0.1) is 0 Å². The van der Waals surface area contributed by atoms with E-state index in [4.69, 9.17) is 5.11 Å². The van der Waals surface area contributed by atoms with Crippen molar-refractivity contribution < 1.29 is 19.5 Å². The molecular formula is C6H11O4P-2. The van der Waals surface area contributed by atoms with Crippen molar-refractivity contribution in [3.05, 3.63) is 0 Å². The van der Waals surface area contributed by atoms with Gasteiger partial charge in [-0.1, -0.05) is 20.4 Å². The quantitative estimate of drug-likeness (QED) is 0.533. The van der Waals surface area contributed by atoms with Crippen molar-refractivity contribution in [2.24, 2.45) is 0 Å². The Labute approximate surface area is 65.4 Å². The van der Waals surface area contributed by atoms with E-state index in [1.54, 1.807) is 0 Å². The highest BCUT2D eigenvalue weighted by molar-refractivity contribution is 7.49. The maximum absolute atomic E-state index is 10.5. The zero-order valence-corrected chi connectivity index (χ0v) is 7.00. The summed E-state index contributed by atoms with van der Waals surface area (Å²) in [6.45, 7) is 0. The standard InChI is InChI=1S/C6H13O4P/c7-5-3-1-2-4-6(5)11(8,9)10/h5-7H,1-4H2,(H2,8,9,10)/p-2/t5-,6+/m1/s1. The van der Waals surface area contributed by atoms with Gasteiger partial charge < -0.3 is 19.5 Å². The van der Waals surface area contributed by atoms with Gasteiger partial charge in [-0.15, -0.1) is 0 Å². The number of rotatable bonds is 1. The molecule has 0 unspecified atom stereocenters. The second-order valence-corrected chi connectivity index (χ2v) is 4.70. The van der Waals surface area contributed by atoms with Crippen molar-refractivity contribution >= 4 is 7.60 Å². The van der Waals surface area contributed by atoms with Gasteiger partial charge in [-0.05, 0) is 12.8 Å². The molecule has 1 rings (SSSR count). The summed E-state index contributed by atoms with van der Waals surface area (Å²) < 4.78 is 10.5. The van der Waals surface area contributed by atoms with E-state index >= 15 is 0 Å². The van der Waals surface area contributed by atoms with Crippen LogP contribution in [-0.2, 0) is 4.57 Å². The Bertz CT molecular complexity index is 175. The third kappa shape index (κ3) is 2.27. The zero-order chi connectivity index (χ0) is 8.48. The average molecular weight is 178 g/mol. The van der Waals surface area contributed by atoms with E-state index in [9.17, 15) is 14.4 Å². The molecule has 0 amide bonds. The Morgan fingerprint density at radius 1 is 1.27 bits per heavy atom. The molecule has 0 bridgehead atoms. The van der Waals surface area contributed by atoms with Crippen LogP contribution in [0.4, 0.5) is 0 Å². The van der Waals surface area contributed by atoms with Crippen LogP contribution in [0.3, 0.4) is 0 Å². The minimum atomic E-state index is -4.55. The molecule has 1 aliphatic rings. The van der Waals surface area contributed by atoms with Gasteiger partial charge in [0.05, 0.1) is 6.10 Å². The van der Waals surface area contributed by atoms with Crippen molar-refractivity contribution in [3.63, 3.8) is 0 Å². The van der Waals surface area contributed by atoms with Gasteiger partial charge in [0.1, 0.15) is 0 Å². The summed E-state index contributed by atoms with van der Waals surface area (Å²) in [5, 5.41) is 9.13. The van der Waals surface area contributed by atoms with Crippen LogP contribution in [-0.4, -0.2) is 16.9 Å². The molecule has 0 aromatic heterocycles. The van der Waals surface area contributed by atoms with Gasteiger partial charge in [0.15, 0.2) is 0 Å². The number of hydrogen-bond acceptors (Lipinski definition) is 4. The summed E-state index contributed by atoms with van der Waals surface area (Å²) in [6, 6.07) is 0. The van der Waals surface area contributed by atoms with E-state index in [0.717, 1.165) is 12.8 Å². The van der Waals surface area contributed by atoms with Gasteiger partial charge in [0.25, 0.3) is 0 Å². The molecule has 0 spiro atoms. The number of hydrogen-bond donors (Lipinski definition) is 1. The topological polar surface area (TPSA) is 83.4 Å². The molecule has 0 saturated heterocycles. The van der Waals surface area contributed by atoms with Crippen molar-refractivity contribution in [1.82, 2.24) is 0 Å². The van der Waals surface area contributed by atoms with Gasteiger partial charge >= 0.3 is 0 Å². The van der Waals surface area contributed by atoms with E-state index in [0.29, 0.717) is 12.8 Å². The lowest BCUT2D eigenvalue weighted by Gasteiger charge is -2.43. The predicted octanol–water partition coefficient (Wildman–Crippen LogP) is -0.796. The molecule has 1 N–H and O–H groups in total. The molecule has 0 aromatic carbocycles. The van der Waals surface area contributed by atoms with Gasteiger partial charge in [-0.3, -0.25) is 0 Å². The van der Waals surface area contributed by atoms with Crippen molar-refractivity contribution in [3.8, 4) is 0 Å². The fourth-order valence-electron chi connectivity index (χ4n) is 1.46. The van der Waals surface area contributed by atoms with Crippen molar-refractivity contribution in [2.45, 2.75) is 37.4 Å². The van der Waals surface area contributed by atoms with Gasteiger partial charge in [0.2, 0.25) is 0 Å². The first-order chi connectivity index (χ1) is 5.02. The number of aliphatic hydroxyl groups excluding tert-OH is 1. The Kier molecular flexibility index (Phi) is 2.70. The SMILES string of the molecule is O=P([O-])([O-])[C@H]1CCCC[C@H]1O. The fourth-order valence-corrected chi connectivity index (χ4v) is 2.53. The molecule has 0 aromatic rings. The maximum atomic E-state index is 10.5. The van der Waals surface area contributed by atoms with Crippen LogP contribution in [0.1, 0.15) is 25.7 Å². The van der Waals surface area contributed by atoms with E-state index in [2.05, 4.69) is 0 Å². The molecule has 11 heavy (non-hydrogen) atoms. The number of aliphatic hydroxyl groups is 1. The summed E-state index contributed by atoms with van der Waals surface area (Å²) >= 11 is 0. The second-order valence-electron chi connectivity index (χ2n) is 2.96. The molecule has 0 heterocycles. The van der Waals surface area contributed by atoms with Gasteiger partial charge in [0, 0.05) is 5.66 Å². The third-order valence-corrected chi connectivity index (χ3v) is 3.51. The van der Waals surface area contributed by atoms with Crippen LogP contribution >= 0.6 is 7.60 Å². The van der Waals surface area contributed by atoms with E-state index in [1.807, 2.05) is 0 Å². The molecule has 4 nitrogen and oxygen atoms in total. The third-order valence-electron chi connectivity index (χ3n) is 2.10. The Balaban J connectivity index is 2.62. The van der Waals surface area contributed by atoms with Crippen molar-refractivity contribution in [2.75, 3.05) is 0 Å². The Hall–Kier alpha value is 0.110. The highest BCUT2D eigenvalue weighted by atomic mass is 31.2. The summed E-state index contributed by atoms with van der Waals surface area (Å²) in [5.74, 6) is 0. The Morgan fingerprint density at radius 2 is 1.82 bits per heavy atom. The molecule has 5 heteroatoms.